The van der Waals surface area contributed by atoms with E-state index in [1.54, 1.807) is 43.8 Å². The van der Waals surface area contributed by atoms with Crippen LogP contribution in [0.3, 0.4) is 0 Å². The van der Waals surface area contributed by atoms with Crippen LogP contribution in [0.1, 0.15) is 78.5 Å². The number of nitrogens with one attached hydrogen (secondary N) is 2. The molecule has 7 N–H and O–H groups in total. The number of ether oxygens (including phenoxy) is 4. The lowest BCUT2D eigenvalue weighted by molar-refractivity contribution is 0.0868. The molecule has 0 fully saturated rings. The van der Waals surface area contributed by atoms with Gasteiger partial charge in [0.05, 0.1) is 39.1 Å². The first kappa shape index (κ1) is 68.8. The van der Waals surface area contributed by atoms with Crippen molar-refractivity contribution in [3.8, 4) is 11.5 Å². The van der Waals surface area contributed by atoms with Gasteiger partial charge in [-0.25, -0.2) is 15.0 Å². The third-order valence-electron chi connectivity index (χ3n) is 15.3. The summed E-state index contributed by atoms with van der Waals surface area (Å²) >= 11 is 0. The molecule has 12 rings (SSSR count). The Kier molecular flexibility index (Phi) is 22.2. The number of nitrogen functional groups attached to an aromatic ring is 1. The average molecular weight is 1340 g/mol. The number of hydrogen-bond acceptors (Lipinski definition) is 23. The van der Waals surface area contributed by atoms with Gasteiger partial charge in [-0.2, -0.15) is 28.8 Å². The van der Waals surface area contributed by atoms with E-state index in [1.165, 1.54) is 23.5 Å². The van der Waals surface area contributed by atoms with Crippen LogP contribution in [0.15, 0.2) is 189 Å². The summed E-state index contributed by atoms with van der Waals surface area (Å²) in [4.78, 5) is 30.4. The van der Waals surface area contributed by atoms with Gasteiger partial charge >= 0.3 is 7.60 Å². The van der Waals surface area contributed by atoms with Gasteiger partial charge in [0, 0.05) is 25.9 Å². The third kappa shape index (κ3) is 16.2. The number of benzene rings is 6. The molecular weight excluding hydrogens is 1270 g/mol. The normalized spacial score (nSPS) is 13.4. The fourth-order valence-electron chi connectivity index (χ4n) is 10.8. The van der Waals surface area contributed by atoms with Gasteiger partial charge in [0.2, 0.25) is 24.3 Å². The molecule has 0 aliphatic heterocycles. The molecule has 0 saturated carbocycles. The van der Waals surface area contributed by atoms with Gasteiger partial charge in [-0.05, 0) is 85.3 Å². The Hall–Kier alpha value is -10.0. The average Bonchev–Trinajstić information content (AvgIpc) is 0.833. The van der Waals surface area contributed by atoms with Crippen LogP contribution in [0.5, 0.6) is 11.5 Å². The van der Waals surface area contributed by atoms with Gasteiger partial charge in [-0.1, -0.05) is 146 Å². The highest BCUT2D eigenvalue weighted by atomic mass is 31.2. The fourth-order valence-corrected chi connectivity index (χ4v) is 12.4. The van der Waals surface area contributed by atoms with Crippen LogP contribution in [-0.2, 0) is 53.5 Å². The lowest BCUT2D eigenvalue weighted by atomic mass is 9.77. The standard InChI is InChI=1S/C31H35N6O4P.C27H26N6O2.C8H13N6O4P/c1-5-41-42(4,38)22-40-23(2)20-28-35-36-30-29(32-21-33-37(28)30)34-31(24-12-8-6-9-13-24,25-14-10-7-11-15-25)26-16-18-27(39-3)19-17-26;1-19(34)17-24-31-32-26-25(28-18-29-33(24)26)30-27(20-9-5-3-6-10-20,21-11-7-4-8-12-21)22-13-15-23(35-2)16-14-22;1-5(18-4-19(15,16)17)2-6-12-13-8-7(9)10-3-11-14(6)8/h6-19,21,23H,5,20,22H2,1-4H3,(H,32,33,34);3-16,18-19,34H,17H2,1-2H3,(H,28,29,30);3,5H,2,4H2,1H3,(H2,9,10,11)(H2,15,16,17)/t23-,42?;19-;5-/m111/s1. The minimum absolute atomic E-state index is 0.0269. The van der Waals surface area contributed by atoms with E-state index in [4.69, 9.17) is 39.0 Å². The highest BCUT2D eigenvalue weighted by Crippen LogP contribution is 2.44. The second kappa shape index (κ2) is 31.0. The van der Waals surface area contributed by atoms with E-state index in [2.05, 4.69) is 120 Å². The molecule has 12 aromatic rings. The highest BCUT2D eigenvalue weighted by Gasteiger charge is 2.40. The van der Waals surface area contributed by atoms with E-state index in [0.717, 1.165) is 44.9 Å². The predicted molar refractivity (Wildman–Crippen MR) is 360 cm³/mol. The van der Waals surface area contributed by atoms with Gasteiger partial charge < -0.3 is 54.7 Å². The summed E-state index contributed by atoms with van der Waals surface area (Å²) in [5.74, 6) is 4.41. The smallest absolute Gasteiger partial charge is 0.350 e. The zero-order chi connectivity index (χ0) is 67.9. The number of aromatic nitrogens is 15. The molecule has 6 aromatic heterocycles. The Morgan fingerprint density at radius 1 is 0.490 bits per heavy atom. The molecule has 1 unspecified atom stereocenters. The van der Waals surface area contributed by atoms with E-state index >= 15 is 0 Å². The van der Waals surface area contributed by atoms with Crippen LogP contribution in [-0.4, -0.2) is 148 Å². The van der Waals surface area contributed by atoms with Crippen LogP contribution in [0.25, 0.3) is 16.9 Å². The first-order valence-electron chi connectivity index (χ1n) is 30.5. The van der Waals surface area contributed by atoms with Crippen molar-refractivity contribution in [3.05, 3.63) is 240 Å². The molecular formula is C66H74N18O10P2. The maximum atomic E-state index is 12.5. The van der Waals surface area contributed by atoms with E-state index in [1.807, 2.05) is 135 Å². The van der Waals surface area contributed by atoms with E-state index in [-0.39, 0.29) is 24.7 Å². The van der Waals surface area contributed by atoms with Crippen molar-refractivity contribution < 1.29 is 47.5 Å². The number of methoxy groups -OCH3 is 2. The van der Waals surface area contributed by atoms with Gasteiger partial charge in [0.1, 0.15) is 54.3 Å². The third-order valence-corrected chi connectivity index (χ3v) is 17.2. The van der Waals surface area contributed by atoms with E-state index in [0.29, 0.717) is 65.5 Å². The van der Waals surface area contributed by atoms with Crippen LogP contribution < -0.4 is 25.8 Å². The predicted octanol–water partition coefficient (Wildman–Crippen LogP) is 8.82. The van der Waals surface area contributed by atoms with Crippen molar-refractivity contribution in [2.75, 3.05) is 56.6 Å². The second-order valence-electron chi connectivity index (χ2n) is 22.4. The summed E-state index contributed by atoms with van der Waals surface area (Å²) in [6, 6.07) is 56.8. The molecule has 0 radical (unpaired) electrons. The van der Waals surface area contributed by atoms with Crippen molar-refractivity contribution in [3.63, 3.8) is 0 Å². The Labute approximate surface area is 552 Å². The van der Waals surface area contributed by atoms with Crippen LogP contribution in [0.4, 0.5) is 17.5 Å². The molecule has 4 atom stereocenters. The highest BCUT2D eigenvalue weighted by molar-refractivity contribution is 7.57. The van der Waals surface area contributed by atoms with Gasteiger partial charge in [-0.3, -0.25) is 9.13 Å². The summed E-state index contributed by atoms with van der Waals surface area (Å²) in [5, 5.41) is 55.3. The molecule has 6 heterocycles. The van der Waals surface area contributed by atoms with Crippen molar-refractivity contribution >= 4 is 49.4 Å². The molecule has 0 spiro atoms. The number of nitrogens with zero attached hydrogens (tertiary/aromatic N) is 15. The fraction of sp³-hybridized carbons (Fsp3) is 0.273. The Morgan fingerprint density at radius 3 is 1.20 bits per heavy atom. The SMILES string of the molecule is CCOP(C)(=O)CO[C@H](C)Cc1nnc2c(NC(c3ccccc3)(c3ccccc3)c3ccc(OC)cc3)ncnn12.COc1ccc(C(Nc2ncnn3c(C[C@@H](C)O)nnc23)(c2ccccc2)c2ccccc2)cc1.C[C@H](Cc1nnc2c(N)ncnn12)OCP(=O)(O)O. The molecule has 96 heavy (non-hydrogen) atoms. The van der Waals surface area contributed by atoms with Crippen molar-refractivity contribution in [1.82, 2.24) is 74.4 Å². The molecule has 0 amide bonds. The summed E-state index contributed by atoms with van der Waals surface area (Å²) < 4.78 is 55.0. The van der Waals surface area contributed by atoms with Gasteiger partial charge in [0.15, 0.2) is 34.9 Å². The monoisotopic (exact) mass is 1340 g/mol. The molecule has 0 bridgehead atoms. The molecule has 498 valence electrons. The largest absolute Gasteiger partial charge is 0.497 e. The summed E-state index contributed by atoms with van der Waals surface area (Å²) in [6.45, 7) is 9.04. The quantitative estimate of drug-likeness (QED) is 0.0218. The molecule has 28 nitrogen and oxygen atoms in total. The van der Waals surface area contributed by atoms with Crippen molar-refractivity contribution in [1.29, 1.82) is 0 Å². The summed E-state index contributed by atoms with van der Waals surface area (Å²) in [7, 11) is -3.68. The molecule has 0 saturated heterocycles. The zero-order valence-corrected chi connectivity index (χ0v) is 55.5. The minimum atomic E-state index is -4.18. The van der Waals surface area contributed by atoms with E-state index < -0.39 is 44.6 Å². The summed E-state index contributed by atoms with van der Waals surface area (Å²) in [5.41, 5.74) is 11.3. The molecule has 0 aliphatic carbocycles. The van der Waals surface area contributed by atoms with Gasteiger partial charge in [-0.15, -0.1) is 30.6 Å². The number of nitrogens with two attached hydrogens (primary N) is 1. The second-order valence-corrected chi connectivity index (χ2v) is 26.5. The Morgan fingerprint density at radius 2 is 0.833 bits per heavy atom. The number of anilines is 3. The van der Waals surface area contributed by atoms with Crippen LogP contribution >= 0.6 is 15.0 Å². The first-order valence-corrected chi connectivity index (χ1v) is 34.6. The maximum absolute atomic E-state index is 12.5. The number of hydrogen-bond donors (Lipinski definition) is 6. The lowest BCUT2D eigenvalue weighted by Gasteiger charge is -2.37. The van der Waals surface area contributed by atoms with Crippen molar-refractivity contribution in [2.24, 2.45) is 0 Å². The zero-order valence-electron chi connectivity index (χ0n) is 53.8. The molecule has 30 heteroatoms. The number of fused-ring (bicyclic) bond motifs is 3. The topological polar surface area (TPSA) is 359 Å². The van der Waals surface area contributed by atoms with Crippen molar-refractivity contribution in [2.45, 2.75) is 76.3 Å². The maximum Gasteiger partial charge on any atom is 0.350 e. The van der Waals surface area contributed by atoms with Crippen LogP contribution in [0, 0.1) is 0 Å². The number of aliphatic hydroxyl groups excluding tert-OH is 1. The first-order chi connectivity index (χ1) is 46.3. The molecule has 0 aliphatic rings. The Bertz CT molecular complexity index is 4480. The number of aliphatic hydroxyl groups is 1. The lowest BCUT2D eigenvalue weighted by Crippen LogP contribution is -2.38. The van der Waals surface area contributed by atoms with Gasteiger partial charge in [0.25, 0.3) is 0 Å². The Balaban J connectivity index is 0.000000167. The number of rotatable bonds is 26. The van der Waals surface area contributed by atoms with E-state index in [9.17, 15) is 14.2 Å². The molecule has 6 aromatic carbocycles. The summed E-state index contributed by atoms with van der Waals surface area (Å²) in [6.07, 6.45) is 3.34. The minimum Gasteiger partial charge on any atom is -0.497 e. The van der Waals surface area contributed by atoms with Crippen LogP contribution in [0.2, 0.25) is 0 Å².